The fourth-order valence-electron chi connectivity index (χ4n) is 3.73. The van der Waals surface area contributed by atoms with E-state index in [1.54, 1.807) is 12.5 Å². The Balaban J connectivity index is 0.00000267. The van der Waals surface area contributed by atoms with Crippen molar-refractivity contribution in [1.29, 1.82) is 0 Å². The molecule has 2 aromatic carbocycles. The van der Waals surface area contributed by atoms with Gasteiger partial charge in [-0.25, -0.2) is 19.9 Å². The van der Waals surface area contributed by atoms with Crippen LogP contribution < -0.4 is 11.1 Å². The third kappa shape index (κ3) is 4.81. The van der Waals surface area contributed by atoms with E-state index in [1.165, 1.54) is 23.1 Å². The molecule has 0 amide bonds. The van der Waals surface area contributed by atoms with Crippen LogP contribution in [0.5, 0.6) is 0 Å². The monoisotopic (exact) mass is 510 g/mol. The molecule has 4 heterocycles. The van der Waals surface area contributed by atoms with Gasteiger partial charge in [-0.2, -0.15) is 5.10 Å². The van der Waals surface area contributed by atoms with Crippen LogP contribution in [0, 0.1) is 11.8 Å². The molecule has 0 aliphatic heterocycles. The second-order valence-electron chi connectivity index (χ2n) is 7.81. The van der Waals surface area contributed by atoms with E-state index in [4.69, 9.17) is 5.73 Å². The van der Waals surface area contributed by atoms with Crippen molar-refractivity contribution in [3.8, 4) is 11.8 Å². The molecule has 4 aromatic heterocycles. The van der Waals surface area contributed by atoms with Gasteiger partial charge in [0.1, 0.15) is 28.5 Å². The van der Waals surface area contributed by atoms with Gasteiger partial charge in [-0.15, -0.1) is 23.7 Å². The highest BCUT2D eigenvalue weighted by Gasteiger charge is 2.10. The summed E-state index contributed by atoms with van der Waals surface area (Å²) in [4.78, 5) is 18.8. The molecule has 0 spiro atoms. The molecule has 0 unspecified atom stereocenters. The molecule has 3 N–H and O–H groups in total. The number of fused-ring (bicyclic) bond motifs is 2. The fraction of sp³-hybridized carbons (Fsp3) is 0.0385. The molecule has 0 atom stereocenters. The van der Waals surface area contributed by atoms with Crippen LogP contribution in [0.15, 0.2) is 79.5 Å². The van der Waals surface area contributed by atoms with Gasteiger partial charge in [0.25, 0.3) is 0 Å². The zero-order chi connectivity index (χ0) is 23.6. The number of hydrogen-bond acceptors (Lipinski definition) is 8. The molecular weight excluding hydrogens is 492 g/mol. The number of hydrogen-bond donors (Lipinski definition) is 2. The molecule has 0 radical (unpaired) electrons. The van der Waals surface area contributed by atoms with Crippen molar-refractivity contribution in [3.05, 3.63) is 95.6 Å². The number of rotatable bonds is 4. The summed E-state index contributed by atoms with van der Waals surface area (Å²) in [5.74, 6) is 7.23. The summed E-state index contributed by atoms with van der Waals surface area (Å²) in [5, 5.41) is 9.96. The number of nitrogens with zero attached hydrogens (tertiary/aromatic N) is 6. The second-order valence-corrected chi connectivity index (χ2v) is 8.85. The Kier molecular flexibility index (Phi) is 6.45. The van der Waals surface area contributed by atoms with E-state index in [-0.39, 0.29) is 12.4 Å². The van der Waals surface area contributed by atoms with Gasteiger partial charge in [0.05, 0.1) is 40.9 Å². The topological polar surface area (TPSA) is 107 Å². The van der Waals surface area contributed by atoms with Crippen LogP contribution in [0.2, 0.25) is 0 Å². The predicted molar refractivity (Wildman–Crippen MR) is 146 cm³/mol. The van der Waals surface area contributed by atoms with E-state index in [2.05, 4.69) is 66.5 Å². The first-order valence-electron chi connectivity index (χ1n) is 10.8. The average Bonchev–Trinajstić information content (AvgIpc) is 3.49. The quantitative estimate of drug-likeness (QED) is 0.320. The van der Waals surface area contributed by atoms with Crippen LogP contribution in [-0.2, 0) is 6.54 Å². The molecule has 10 heteroatoms. The average molecular weight is 511 g/mol. The molecule has 176 valence electrons. The maximum atomic E-state index is 5.58. The van der Waals surface area contributed by atoms with Crippen molar-refractivity contribution >= 4 is 62.2 Å². The van der Waals surface area contributed by atoms with Gasteiger partial charge in [0, 0.05) is 11.1 Å². The summed E-state index contributed by atoms with van der Waals surface area (Å²) in [7, 11) is 0. The highest BCUT2D eigenvalue weighted by atomic mass is 35.5. The summed E-state index contributed by atoms with van der Waals surface area (Å²) in [6.07, 6.45) is 6.49. The number of nitrogens with two attached hydrogens (primary N) is 1. The summed E-state index contributed by atoms with van der Waals surface area (Å²) in [5.41, 5.74) is 9.35. The van der Waals surface area contributed by atoms with Gasteiger partial charge in [-0.3, -0.25) is 4.68 Å². The fourth-order valence-corrected chi connectivity index (χ4v) is 4.58. The number of thiophene rings is 1. The molecule has 36 heavy (non-hydrogen) atoms. The van der Waals surface area contributed by atoms with Crippen LogP contribution >= 0.6 is 23.7 Å². The Bertz CT molecular complexity index is 1720. The van der Waals surface area contributed by atoms with E-state index in [0.717, 1.165) is 44.0 Å². The lowest BCUT2D eigenvalue weighted by Gasteiger charge is -2.08. The van der Waals surface area contributed by atoms with Crippen molar-refractivity contribution < 1.29 is 0 Å². The van der Waals surface area contributed by atoms with Crippen LogP contribution in [-0.4, -0.2) is 29.7 Å². The summed E-state index contributed by atoms with van der Waals surface area (Å²) >= 11 is 1.50. The lowest BCUT2D eigenvalue weighted by Crippen LogP contribution is -2.01. The normalized spacial score (nSPS) is 10.6. The second kappa shape index (κ2) is 10.00. The first-order valence-corrected chi connectivity index (χ1v) is 11.6. The van der Waals surface area contributed by atoms with Gasteiger partial charge in [-0.1, -0.05) is 30.3 Å². The molecular formula is C26H19ClN8S. The highest BCUT2D eigenvalue weighted by Crippen LogP contribution is 2.30. The zero-order valence-electron chi connectivity index (χ0n) is 18.8. The Labute approximate surface area is 216 Å². The van der Waals surface area contributed by atoms with Crippen LogP contribution in [0.4, 0.5) is 17.3 Å². The van der Waals surface area contributed by atoms with E-state index in [0.29, 0.717) is 11.5 Å². The molecule has 0 saturated heterocycles. The minimum absolute atomic E-state index is 0. The van der Waals surface area contributed by atoms with Crippen molar-refractivity contribution in [2.24, 2.45) is 0 Å². The van der Waals surface area contributed by atoms with E-state index in [1.807, 2.05) is 41.2 Å². The summed E-state index contributed by atoms with van der Waals surface area (Å²) in [6.45, 7) is 0.727. The van der Waals surface area contributed by atoms with Crippen molar-refractivity contribution in [3.63, 3.8) is 0 Å². The number of aromatic nitrogens is 6. The molecule has 8 nitrogen and oxygen atoms in total. The standard InChI is InChI=1S/C26H18N8S.ClH/c27-24-14-28-20(13-29-24)6-8-21-11-22-25(30-16-31-26(22)35-21)33-19-7-9-23-18(10-19)12-32-34(23)15-17-4-2-1-3-5-17;/h1-5,7,9-14,16H,15H2,(H2,27,29)(H,30,31,33);1H. The number of benzene rings is 2. The maximum Gasteiger partial charge on any atom is 0.142 e. The van der Waals surface area contributed by atoms with Gasteiger partial charge in [0.2, 0.25) is 0 Å². The van der Waals surface area contributed by atoms with Crippen molar-refractivity contribution in [1.82, 2.24) is 29.7 Å². The van der Waals surface area contributed by atoms with Crippen LogP contribution in [0.3, 0.4) is 0 Å². The summed E-state index contributed by atoms with van der Waals surface area (Å²) in [6, 6.07) is 18.5. The minimum atomic E-state index is 0. The van der Waals surface area contributed by atoms with Crippen molar-refractivity contribution in [2.75, 3.05) is 11.1 Å². The lowest BCUT2D eigenvalue weighted by molar-refractivity contribution is 0.712. The van der Waals surface area contributed by atoms with E-state index >= 15 is 0 Å². The van der Waals surface area contributed by atoms with Gasteiger partial charge >= 0.3 is 0 Å². The Morgan fingerprint density at radius 3 is 2.64 bits per heavy atom. The lowest BCUT2D eigenvalue weighted by atomic mass is 10.2. The Morgan fingerprint density at radius 2 is 1.81 bits per heavy atom. The van der Waals surface area contributed by atoms with Crippen LogP contribution in [0.25, 0.3) is 21.1 Å². The zero-order valence-corrected chi connectivity index (χ0v) is 20.4. The van der Waals surface area contributed by atoms with Crippen LogP contribution in [0.1, 0.15) is 16.1 Å². The molecule has 0 bridgehead atoms. The van der Waals surface area contributed by atoms with Gasteiger partial charge < -0.3 is 11.1 Å². The third-order valence-corrected chi connectivity index (χ3v) is 6.35. The smallest absolute Gasteiger partial charge is 0.142 e. The van der Waals surface area contributed by atoms with E-state index < -0.39 is 0 Å². The SMILES string of the molecule is Cl.Nc1cnc(C#Cc2cc3c(Nc4ccc5c(cnn5Cc5ccccc5)c4)ncnc3s2)cn1. The summed E-state index contributed by atoms with van der Waals surface area (Å²) < 4.78 is 2.01. The van der Waals surface area contributed by atoms with Gasteiger partial charge in [-0.05, 0) is 41.7 Å². The largest absolute Gasteiger partial charge is 0.382 e. The van der Waals surface area contributed by atoms with E-state index in [9.17, 15) is 0 Å². The third-order valence-electron chi connectivity index (χ3n) is 5.39. The molecule has 0 aliphatic carbocycles. The number of nitrogens with one attached hydrogen (secondary N) is 1. The first kappa shape index (κ1) is 23.2. The molecule has 0 aliphatic rings. The molecule has 6 aromatic rings. The predicted octanol–water partition coefficient (Wildman–Crippen LogP) is 5.03. The number of anilines is 3. The molecule has 6 rings (SSSR count). The maximum absolute atomic E-state index is 5.58. The van der Waals surface area contributed by atoms with Crippen molar-refractivity contribution in [2.45, 2.75) is 6.54 Å². The Hall–Kier alpha value is -4.52. The minimum Gasteiger partial charge on any atom is -0.382 e. The number of nitrogen functional groups attached to an aromatic ring is 1. The molecule has 0 saturated carbocycles. The Morgan fingerprint density at radius 1 is 0.917 bits per heavy atom. The highest BCUT2D eigenvalue weighted by molar-refractivity contribution is 7.19. The molecule has 0 fully saturated rings. The van der Waals surface area contributed by atoms with Gasteiger partial charge in [0.15, 0.2) is 0 Å². The first-order chi connectivity index (χ1) is 17.2. The number of halogens is 1.